The van der Waals surface area contributed by atoms with E-state index in [1.807, 2.05) is 0 Å². The highest BCUT2D eigenvalue weighted by Gasteiger charge is 2.33. The number of anilines is 1. The Balaban J connectivity index is 2.13. The molecule has 9 nitrogen and oxygen atoms in total. The first-order valence-electron chi connectivity index (χ1n) is 9.13. The van der Waals surface area contributed by atoms with Gasteiger partial charge < -0.3 is 9.47 Å². The molecule has 0 fully saturated rings. The number of para-hydroxylation sites is 1. The van der Waals surface area contributed by atoms with Crippen molar-refractivity contribution in [3.63, 3.8) is 0 Å². The van der Waals surface area contributed by atoms with Crippen molar-refractivity contribution < 1.29 is 26.3 Å². The van der Waals surface area contributed by atoms with Gasteiger partial charge in [-0.2, -0.15) is 17.6 Å². The average Bonchev–Trinajstić information content (AvgIpc) is 3.08. The highest BCUT2D eigenvalue weighted by Crippen LogP contribution is 2.32. The first kappa shape index (κ1) is 22.6. The molecule has 0 N–H and O–H groups in total. The van der Waals surface area contributed by atoms with Gasteiger partial charge in [-0.3, -0.25) is 4.31 Å². The van der Waals surface area contributed by atoms with Crippen molar-refractivity contribution in [1.82, 2.24) is 9.19 Å². The number of ether oxygens (including phenoxy) is 2. The zero-order valence-corrected chi connectivity index (χ0v) is 19.4. The Morgan fingerprint density at radius 3 is 2.10 bits per heavy atom. The van der Waals surface area contributed by atoms with Crippen LogP contribution < -0.4 is 13.8 Å². The summed E-state index contributed by atoms with van der Waals surface area (Å²) in [6, 6.07) is 12.6. The van der Waals surface area contributed by atoms with Crippen molar-refractivity contribution in [2.24, 2.45) is 0 Å². The molecule has 0 radical (unpaired) electrons. The fourth-order valence-electron chi connectivity index (χ4n) is 3.20. The monoisotopic (exact) mass is 465 g/mol. The molecule has 0 aliphatic carbocycles. The number of hydrogen-bond acceptors (Lipinski definition) is 7. The van der Waals surface area contributed by atoms with Gasteiger partial charge in [-0.05, 0) is 38.1 Å². The van der Waals surface area contributed by atoms with Gasteiger partial charge in [0.05, 0.1) is 36.2 Å². The van der Waals surface area contributed by atoms with Crippen LogP contribution in [0.2, 0.25) is 0 Å². The molecule has 0 spiro atoms. The lowest BCUT2D eigenvalue weighted by molar-refractivity contribution is 0.354. The van der Waals surface area contributed by atoms with Crippen molar-refractivity contribution >= 4 is 25.7 Å². The van der Waals surface area contributed by atoms with E-state index in [0.29, 0.717) is 11.4 Å². The second kappa shape index (κ2) is 8.23. The maximum absolute atomic E-state index is 13.3. The van der Waals surface area contributed by atoms with E-state index >= 15 is 0 Å². The topological polar surface area (TPSA) is 108 Å². The summed E-state index contributed by atoms with van der Waals surface area (Å²) in [5.74, 6) is 0.587. The largest absolute Gasteiger partial charge is 0.493 e. The standard InChI is InChI=1S/C20H23N3O6S2/c1-14-20(31(26,27)22(3)16-9-7-6-8-10-16)15(2)23(21-14)30(24,25)17-11-12-18(28-4)19(13-17)29-5/h6-13H,1-5H3. The fraction of sp³-hybridized carbons (Fsp3) is 0.250. The van der Waals surface area contributed by atoms with Gasteiger partial charge in [0.1, 0.15) is 4.90 Å². The van der Waals surface area contributed by atoms with Crippen molar-refractivity contribution in [2.45, 2.75) is 23.6 Å². The number of methoxy groups -OCH3 is 2. The third-order valence-corrected chi connectivity index (χ3v) is 8.50. The molecule has 0 atom stereocenters. The van der Waals surface area contributed by atoms with Crippen LogP contribution in [0.25, 0.3) is 0 Å². The van der Waals surface area contributed by atoms with Crippen LogP contribution in [0.4, 0.5) is 5.69 Å². The summed E-state index contributed by atoms with van der Waals surface area (Å²) in [7, 11) is -4.02. The lowest BCUT2D eigenvalue weighted by Gasteiger charge is -2.19. The van der Waals surface area contributed by atoms with Gasteiger partial charge in [-0.25, -0.2) is 8.42 Å². The number of aromatic nitrogens is 2. The molecule has 0 unspecified atom stereocenters. The Labute approximate surface area is 181 Å². The highest BCUT2D eigenvalue weighted by molar-refractivity contribution is 7.93. The molecule has 1 heterocycles. The number of nitrogens with zero attached hydrogens (tertiary/aromatic N) is 3. The van der Waals surface area contributed by atoms with Crippen molar-refractivity contribution in [3.8, 4) is 11.5 Å². The zero-order chi connectivity index (χ0) is 23.0. The van der Waals surface area contributed by atoms with Crippen molar-refractivity contribution in [1.29, 1.82) is 0 Å². The summed E-state index contributed by atoms with van der Waals surface area (Å²) in [4.78, 5) is -0.279. The normalized spacial score (nSPS) is 11.9. The minimum atomic E-state index is -4.19. The molecule has 0 saturated heterocycles. The molecular weight excluding hydrogens is 442 g/mol. The molecule has 166 valence electrons. The summed E-state index contributed by atoms with van der Waals surface area (Å²) in [5, 5.41) is 4.05. The first-order chi connectivity index (χ1) is 14.6. The maximum Gasteiger partial charge on any atom is 0.283 e. The number of aryl methyl sites for hydroxylation is 1. The predicted molar refractivity (Wildman–Crippen MR) is 116 cm³/mol. The molecule has 0 aliphatic rings. The summed E-state index contributed by atoms with van der Waals surface area (Å²) in [6.07, 6.45) is 0. The van der Waals surface area contributed by atoms with Crippen LogP contribution in [-0.2, 0) is 20.0 Å². The van der Waals surface area contributed by atoms with E-state index in [4.69, 9.17) is 9.47 Å². The number of rotatable bonds is 7. The van der Waals surface area contributed by atoms with Crippen LogP contribution in [-0.4, -0.2) is 47.3 Å². The molecule has 3 rings (SSSR count). The summed E-state index contributed by atoms with van der Waals surface area (Å²) in [6.45, 7) is 2.86. The molecular formula is C20H23N3O6S2. The van der Waals surface area contributed by atoms with Crippen molar-refractivity contribution in [2.75, 3.05) is 25.6 Å². The van der Waals surface area contributed by atoms with Gasteiger partial charge in [0.25, 0.3) is 20.0 Å². The maximum atomic E-state index is 13.3. The van der Waals surface area contributed by atoms with Crippen LogP contribution in [0, 0.1) is 13.8 Å². The van der Waals surface area contributed by atoms with Crippen LogP contribution in [0.5, 0.6) is 11.5 Å². The van der Waals surface area contributed by atoms with E-state index in [-0.39, 0.29) is 26.9 Å². The smallest absolute Gasteiger partial charge is 0.283 e. The van der Waals surface area contributed by atoms with Crippen LogP contribution >= 0.6 is 0 Å². The van der Waals surface area contributed by atoms with Crippen LogP contribution in [0.1, 0.15) is 11.4 Å². The Hall–Kier alpha value is -3.05. The summed E-state index contributed by atoms with van der Waals surface area (Å²) < 4.78 is 65.2. The van der Waals surface area contributed by atoms with E-state index in [0.717, 1.165) is 8.39 Å². The summed E-state index contributed by atoms with van der Waals surface area (Å²) >= 11 is 0. The third kappa shape index (κ3) is 3.86. The van der Waals surface area contributed by atoms with Crippen LogP contribution in [0.15, 0.2) is 58.3 Å². The van der Waals surface area contributed by atoms with E-state index in [1.165, 1.54) is 53.3 Å². The average molecular weight is 466 g/mol. The van der Waals surface area contributed by atoms with E-state index < -0.39 is 20.0 Å². The molecule has 0 aliphatic heterocycles. The Kier molecular flexibility index (Phi) is 6.01. The number of hydrogen-bond donors (Lipinski definition) is 0. The molecule has 0 bridgehead atoms. The molecule has 0 saturated carbocycles. The van der Waals surface area contributed by atoms with Gasteiger partial charge in [0.2, 0.25) is 0 Å². The Morgan fingerprint density at radius 1 is 0.903 bits per heavy atom. The molecule has 2 aromatic carbocycles. The van der Waals surface area contributed by atoms with Gasteiger partial charge >= 0.3 is 0 Å². The minimum absolute atomic E-state index is 0.0185. The fourth-order valence-corrected chi connectivity index (χ4v) is 6.19. The van der Waals surface area contributed by atoms with E-state index in [9.17, 15) is 16.8 Å². The molecule has 11 heteroatoms. The Bertz CT molecular complexity index is 1320. The molecule has 31 heavy (non-hydrogen) atoms. The molecule has 1 aromatic heterocycles. The van der Waals surface area contributed by atoms with Gasteiger partial charge in [0, 0.05) is 13.1 Å². The lowest BCUT2D eigenvalue weighted by atomic mass is 10.3. The van der Waals surface area contributed by atoms with Gasteiger partial charge in [-0.1, -0.05) is 18.2 Å². The quantitative estimate of drug-likeness (QED) is 0.528. The van der Waals surface area contributed by atoms with E-state index in [2.05, 4.69) is 5.10 Å². The summed E-state index contributed by atoms with van der Waals surface area (Å²) in [5.41, 5.74) is 0.496. The van der Waals surface area contributed by atoms with Crippen LogP contribution in [0.3, 0.4) is 0 Å². The first-order valence-corrected chi connectivity index (χ1v) is 12.0. The van der Waals surface area contributed by atoms with Gasteiger partial charge in [-0.15, -0.1) is 0 Å². The number of sulfonamides is 1. The second-order valence-electron chi connectivity index (χ2n) is 6.67. The third-order valence-electron chi connectivity index (χ3n) is 4.80. The van der Waals surface area contributed by atoms with Gasteiger partial charge in [0.15, 0.2) is 11.5 Å². The SMILES string of the molecule is COc1ccc(S(=O)(=O)n2nc(C)c(S(=O)(=O)N(C)c3ccccc3)c2C)cc1OC. The lowest BCUT2D eigenvalue weighted by Crippen LogP contribution is -2.27. The van der Waals surface area contributed by atoms with E-state index in [1.54, 1.807) is 30.3 Å². The molecule has 0 amide bonds. The second-order valence-corrected chi connectivity index (χ2v) is 10.3. The predicted octanol–water partition coefficient (Wildman–Crippen LogP) is 2.58. The Morgan fingerprint density at radius 2 is 1.52 bits per heavy atom. The highest BCUT2D eigenvalue weighted by atomic mass is 32.2. The zero-order valence-electron chi connectivity index (χ0n) is 17.7. The minimum Gasteiger partial charge on any atom is -0.493 e. The molecule has 3 aromatic rings. The number of benzene rings is 2. The van der Waals surface area contributed by atoms with Crippen molar-refractivity contribution in [3.05, 3.63) is 59.9 Å².